The first-order valence-corrected chi connectivity index (χ1v) is 5.51. The van der Waals surface area contributed by atoms with E-state index in [4.69, 9.17) is 5.11 Å². The van der Waals surface area contributed by atoms with E-state index < -0.39 is 5.97 Å². The molecule has 0 saturated carbocycles. The van der Waals surface area contributed by atoms with Gasteiger partial charge in [-0.15, -0.1) is 0 Å². The first kappa shape index (κ1) is 12.0. The van der Waals surface area contributed by atoms with Gasteiger partial charge in [0, 0.05) is 19.5 Å². The minimum absolute atomic E-state index is 0.0935. The Morgan fingerprint density at radius 2 is 2.13 bits per heavy atom. The van der Waals surface area contributed by atoms with Crippen LogP contribution >= 0.6 is 0 Å². The average Bonchev–Trinajstić information content (AvgIpc) is 2.17. The maximum atomic E-state index is 11.7. The predicted octanol–water partition coefficient (Wildman–Crippen LogP) is 1.36. The topological polar surface area (TPSA) is 57.6 Å². The van der Waals surface area contributed by atoms with Crippen molar-refractivity contribution in [2.45, 2.75) is 33.1 Å². The third-order valence-electron chi connectivity index (χ3n) is 2.71. The third kappa shape index (κ3) is 3.53. The van der Waals surface area contributed by atoms with Crippen LogP contribution in [0.1, 0.15) is 33.1 Å². The van der Waals surface area contributed by atoms with Crippen LogP contribution in [0.5, 0.6) is 0 Å². The lowest BCUT2D eigenvalue weighted by molar-refractivity contribution is -0.145. The Hall–Kier alpha value is -1.06. The van der Waals surface area contributed by atoms with Gasteiger partial charge in [-0.1, -0.05) is 13.8 Å². The zero-order valence-corrected chi connectivity index (χ0v) is 9.40. The van der Waals surface area contributed by atoms with Gasteiger partial charge in [-0.3, -0.25) is 9.59 Å². The lowest BCUT2D eigenvalue weighted by atomic mass is 9.97. The monoisotopic (exact) mass is 213 g/mol. The molecular weight excluding hydrogens is 194 g/mol. The Morgan fingerprint density at radius 1 is 1.47 bits per heavy atom. The molecule has 1 amide bonds. The highest BCUT2D eigenvalue weighted by molar-refractivity contribution is 5.78. The molecule has 1 rings (SSSR count). The average molecular weight is 213 g/mol. The van der Waals surface area contributed by atoms with Crippen LogP contribution in [0.25, 0.3) is 0 Å². The van der Waals surface area contributed by atoms with E-state index >= 15 is 0 Å². The zero-order chi connectivity index (χ0) is 11.4. The van der Waals surface area contributed by atoms with E-state index in [9.17, 15) is 9.59 Å². The number of carbonyl (C=O) groups is 2. The van der Waals surface area contributed by atoms with Crippen LogP contribution < -0.4 is 0 Å². The molecule has 0 aromatic carbocycles. The Balaban J connectivity index is 2.48. The SMILES string of the molecule is CC(C)CC(=O)N1CCC[C@H](C(=O)O)C1. The van der Waals surface area contributed by atoms with Gasteiger partial charge in [-0.05, 0) is 18.8 Å². The standard InChI is InChI=1S/C11H19NO3/c1-8(2)6-10(13)12-5-3-4-9(7-12)11(14)15/h8-9H,3-7H2,1-2H3,(H,14,15)/t9-/m0/s1. The van der Waals surface area contributed by atoms with E-state index in [1.54, 1.807) is 4.90 Å². The maximum Gasteiger partial charge on any atom is 0.308 e. The van der Waals surface area contributed by atoms with Crippen LogP contribution in [-0.2, 0) is 9.59 Å². The Bertz CT molecular complexity index is 250. The van der Waals surface area contributed by atoms with Crippen molar-refractivity contribution in [1.82, 2.24) is 4.90 Å². The van der Waals surface area contributed by atoms with Gasteiger partial charge in [0.2, 0.25) is 5.91 Å². The molecule has 86 valence electrons. The Kier molecular flexibility index (Phi) is 4.12. The van der Waals surface area contributed by atoms with Crippen LogP contribution in [0.3, 0.4) is 0 Å². The Labute approximate surface area is 90.3 Å². The second-order valence-electron chi connectivity index (χ2n) is 4.62. The first-order chi connectivity index (χ1) is 7.00. The molecule has 0 spiro atoms. The molecule has 0 bridgehead atoms. The summed E-state index contributed by atoms with van der Waals surface area (Å²) >= 11 is 0. The van der Waals surface area contributed by atoms with Gasteiger partial charge < -0.3 is 10.0 Å². The molecule has 0 aliphatic carbocycles. The molecule has 1 N–H and O–H groups in total. The van der Waals surface area contributed by atoms with Crippen molar-refractivity contribution in [3.05, 3.63) is 0 Å². The van der Waals surface area contributed by atoms with E-state index in [2.05, 4.69) is 0 Å². The summed E-state index contributed by atoms with van der Waals surface area (Å²) < 4.78 is 0. The third-order valence-corrected chi connectivity index (χ3v) is 2.71. The van der Waals surface area contributed by atoms with E-state index in [0.717, 1.165) is 13.0 Å². The maximum absolute atomic E-state index is 11.7. The van der Waals surface area contributed by atoms with E-state index in [1.165, 1.54) is 0 Å². The van der Waals surface area contributed by atoms with Crippen LogP contribution in [0.15, 0.2) is 0 Å². The van der Waals surface area contributed by atoms with Crippen molar-refractivity contribution in [1.29, 1.82) is 0 Å². The molecule has 0 unspecified atom stereocenters. The van der Waals surface area contributed by atoms with Gasteiger partial charge >= 0.3 is 5.97 Å². The molecule has 1 atom stereocenters. The highest BCUT2D eigenvalue weighted by Crippen LogP contribution is 2.18. The molecule has 1 aliphatic rings. The summed E-state index contributed by atoms with van der Waals surface area (Å²) in [4.78, 5) is 24.2. The van der Waals surface area contributed by atoms with Crippen LogP contribution in [0, 0.1) is 11.8 Å². The molecule has 1 aliphatic heterocycles. The second kappa shape index (κ2) is 5.14. The summed E-state index contributed by atoms with van der Waals surface area (Å²) in [6.07, 6.45) is 2.02. The number of nitrogens with zero attached hydrogens (tertiary/aromatic N) is 1. The summed E-state index contributed by atoms with van der Waals surface area (Å²) in [5.41, 5.74) is 0. The number of hydrogen-bond acceptors (Lipinski definition) is 2. The molecule has 0 aromatic heterocycles. The number of carboxylic acids is 1. The molecule has 4 nitrogen and oxygen atoms in total. The van der Waals surface area contributed by atoms with E-state index in [0.29, 0.717) is 25.3 Å². The highest BCUT2D eigenvalue weighted by Gasteiger charge is 2.27. The largest absolute Gasteiger partial charge is 0.481 e. The van der Waals surface area contributed by atoms with Gasteiger partial charge in [0.25, 0.3) is 0 Å². The van der Waals surface area contributed by atoms with Gasteiger partial charge in [0.15, 0.2) is 0 Å². The molecule has 0 radical (unpaired) electrons. The van der Waals surface area contributed by atoms with Gasteiger partial charge in [-0.2, -0.15) is 0 Å². The summed E-state index contributed by atoms with van der Waals surface area (Å²) in [6.45, 7) is 5.10. The molecule has 4 heteroatoms. The smallest absolute Gasteiger partial charge is 0.308 e. The molecule has 1 fully saturated rings. The lowest BCUT2D eigenvalue weighted by Crippen LogP contribution is -2.42. The number of hydrogen-bond donors (Lipinski definition) is 1. The van der Waals surface area contributed by atoms with Crippen molar-refractivity contribution in [2.75, 3.05) is 13.1 Å². The number of amides is 1. The molecule has 1 saturated heterocycles. The number of carbonyl (C=O) groups excluding carboxylic acids is 1. The summed E-state index contributed by atoms with van der Waals surface area (Å²) in [7, 11) is 0. The molecule has 15 heavy (non-hydrogen) atoms. The fourth-order valence-corrected chi connectivity index (χ4v) is 1.88. The van der Waals surface area contributed by atoms with Gasteiger partial charge in [0.1, 0.15) is 0 Å². The van der Waals surface area contributed by atoms with Crippen LogP contribution in [-0.4, -0.2) is 35.0 Å². The van der Waals surface area contributed by atoms with Crippen LogP contribution in [0.4, 0.5) is 0 Å². The summed E-state index contributed by atoms with van der Waals surface area (Å²) in [5, 5.41) is 8.88. The van der Waals surface area contributed by atoms with E-state index in [1.807, 2.05) is 13.8 Å². The minimum Gasteiger partial charge on any atom is -0.481 e. The van der Waals surface area contributed by atoms with Crippen LogP contribution in [0.2, 0.25) is 0 Å². The number of likely N-dealkylation sites (tertiary alicyclic amines) is 1. The zero-order valence-electron chi connectivity index (χ0n) is 9.40. The molecule has 1 heterocycles. The van der Waals surface area contributed by atoms with Crippen molar-refractivity contribution in [3.63, 3.8) is 0 Å². The fourth-order valence-electron chi connectivity index (χ4n) is 1.88. The van der Waals surface area contributed by atoms with E-state index in [-0.39, 0.29) is 11.8 Å². The number of piperidine rings is 1. The van der Waals surface area contributed by atoms with Gasteiger partial charge in [0.05, 0.1) is 5.92 Å². The normalized spacial score (nSPS) is 21.8. The number of carboxylic acid groups (broad SMARTS) is 1. The van der Waals surface area contributed by atoms with Crippen molar-refractivity contribution < 1.29 is 14.7 Å². The fraction of sp³-hybridized carbons (Fsp3) is 0.818. The van der Waals surface area contributed by atoms with Crippen molar-refractivity contribution in [2.24, 2.45) is 11.8 Å². The lowest BCUT2D eigenvalue weighted by Gasteiger charge is -2.31. The molecular formula is C11H19NO3. The number of rotatable bonds is 3. The van der Waals surface area contributed by atoms with Gasteiger partial charge in [-0.25, -0.2) is 0 Å². The highest BCUT2D eigenvalue weighted by atomic mass is 16.4. The summed E-state index contributed by atoms with van der Waals surface area (Å²) in [5.74, 6) is -0.717. The Morgan fingerprint density at radius 3 is 2.67 bits per heavy atom. The minimum atomic E-state index is -0.781. The molecule has 0 aromatic rings. The quantitative estimate of drug-likeness (QED) is 0.770. The predicted molar refractivity (Wildman–Crippen MR) is 56.4 cm³/mol. The first-order valence-electron chi connectivity index (χ1n) is 5.51. The van der Waals surface area contributed by atoms with Crippen molar-refractivity contribution in [3.8, 4) is 0 Å². The second-order valence-corrected chi connectivity index (χ2v) is 4.62. The number of aliphatic carboxylic acids is 1. The summed E-state index contributed by atoms with van der Waals surface area (Å²) in [6, 6.07) is 0. The van der Waals surface area contributed by atoms with Crippen molar-refractivity contribution >= 4 is 11.9 Å².